The van der Waals surface area contributed by atoms with E-state index in [1.807, 2.05) is 31.2 Å². The van der Waals surface area contributed by atoms with Crippen molar-refractivity contribution >= 4 is 0 Å². The first-order valence-corrected chi connectivity index (χ1v) is 8.82. The summed E-state index contributed by atoms with van der Waals surface area (Å²) in [5.74, 6) is 1.48. The van der Waals surface area contributed by atoms with Crippen LogP contribution in [0.15, 0.2) is 64.0 Å². The highest BCUT2D eigenvalue weighted by Crippen LogP contribution is 2.31. The third kappa shape index (κ3) is 3.60. The van der Waals surface area contributed by atoms with Crippen molar-refractivity contribution in [3.63, 3.8) is 0 Å². The van der Waals surface area contributed by atoms with Crippen LogP contribution in [-0.4, -0.2) is 34.1 Å². The molecule has 2 aromatic carbocycles. The summed E-state index contributed by atoms with van der Waals surface area (Å²) in [7, 11) is 3.11. The lowest BCUT2D eigenvalue weighted by Gasteiger charge is -2.07. The summed E-state index contributed by atoms with van der Waals surface area (Å²) in [6.07, 6.45) is 1.60. The molecule has 0 radical (unpaired) electrons. The summed E-state index contributed by atoms with van der Waals surface area (Å²) in [4.78, 5) is 16.7. The van der Waals surface area contributed by atoms with E-state index >= 15 is 0 Å². The highest BCUT2D eigenvalue weighted by Gasteiger charge is 2.17. The Morgan fingerprint density at radius 3 is 2.45 bits per heavy atom. The van der Waals surface area contributed by atoms with Gasteiger partial charge in [0.25, 0.3) is 5.89 Å². The van der Waals surface area contributed by atoms with Crippen molar-refractivity contribution in [2.24, 2.45) is 0 Å². The van der Waals surface area contributed by atoms with Gasteiger partial charge >= 0.3 is 0 Å². The molecule has 0 fully saturated rings. The van der Waals surface area contributed by atoms with Gasteiger partial charge in [-0.2, -0.15) is 10.1 Å². The second kappa shape index (κ2) is 7.59. The zero-order valence-corrected chi connectivity index (χ0v) is 16.1. The van der Waals surface area contributed by atoms with Gasteiger partial charge in [-0.25, -0.2) is 4.68 Å². The van der Waals surface area contributed by atoms with E-state index < -0.39 is 0 Å². The summed E-state index contributed by atoms with van der Waals surface area (Å²) < 4.78 is 17.5. The van der Waals surface area contributed by atoms with Crippen molar-refractivity contribution < 1.29 is 14.0 Å². The molecule has 0 amide bonds. The molecule has 8 heteroatoms. The van der Waals surface area contributed by atoms with Crippen LogP contribution in [-0.2, 0) is 0 Å². The summed E-state index contributed by atoms with van der Waals surface area (Å²) in [5, 5.41) is 8.35. The third-order valence-electron chi connectivity index (χ3n) is 4.38. The van der Waals surface area contributed by atoms with Crippen LogP contribution in [0.5, 0.6) is 11.5 Å². The van der Waals surface area contributed by atoms with E-state index in [0.29, 0.717) is 22.9 Å². The van der Waals surface area contributed by atoms with E-state index in [1.165, 1.54) is 6.07 Å². The van der Waals surface area contributed by atoms with Gasteiger partial charge in [0.2, 0.25) is 11.3 Å². The van der Waals surface area contributed by atoms with Gasteiger partial charge in [-0.05, 0) is 37.3 Å². The number of nitrogens with zero attached hydrogens (tertiary/aromatic N) is 4. The van der Waals surface area contributed by atoms with Crippen LogP contribution in [0.1, 0.15) is 5.56 Å². The van der Waals surface area contributed by atoms with Gasteiger partial charge < -0.3 is 14.0 Å². The number of aryl methyl sites for hydroxylation is 1. The van der Waals surface area contributed by atoms with E-state index in [1.54, 1.807) is 43.3 Å². The fourth-order valence-electron chi connectivity index (χ4n) is 2.81. The van der Waals surface area contributed by atoms with E-state index in [4.69, 9.17) is 14.0 Å². The monoisotopic (exact) mass is 390 g/mol. The molecule has 146 valence electrons. The number of hydrogen-bond acceptors (Lipinski definition) is 7. The maximum absolute atomic E-state index is 12.3. The molecule has 0 unspecified atom stereocenters. The topological polar surface area (TPSA) is 92.3 Å². The number of benzene rings is 2. The molecule has 8 nitrogen and oxygen atoms in total. The highest BCUT2D eigenvalue weighted by atomic mass is 16.5. The Balaban J connectivity index is 1.72. The molecule has 4 aromatic rings. The molecule has 4 rings (SSSR count). The average Bonchev–Trinajstić information content (AvgIpc) is 3.24. The summed E-state index contributed by atoms with van der Waals surface area (Å²) in [5.41, 5.74) is 2.37. The number of hydrogen-bond donors (Lipinski definition) is 0. The largest absolute Gasteiger partial charge is 0.493 e. The molecule has 0 N–H and O–H groups in total. The van der Waals surface area contributed by atoms with Gasteiger partial charge in [0.05, 0.1) is 19.9 Å². The Bertz CT molecular complexity index is 1210. The fraction of sp³-hybridized carbons (Fsp3) is 0.143. The van der Waals surface area contributed by atoms with Crippen LogP contribution < -0.4 is 14.9 Å². The normalized spacial score (nSPS) is 10.7. The van der Waals surface area contributed by atoms with Crippen molar-refractivity contribution in [2.45, 2.75) is 6.92 Å². The van der Waals surface area contributed by atoms with Crippen LogP contribution in [0.25, 0.3) is 28.7 Å². The molecule has 0 saturated carbocycles. The average molecular weight is 390 g/mol. The maximum Gasteiger partial charge on any atom is 0.282 e. The minimum Gasteiger partial charge on any atom is -0.493 e. The van der Waals surface area contributed by atoms with E-state index in [9.17, 15) is 4.79 Å². The van der Waals surface area contributed by atoms with Crippen LogP contribution in [0.2, 0.25) is 0 Å². The van der Waals surface area contributed by atoms with Crippen molar-refractivity contribution in [3.8, 4) is 40.2 Å². The lowest BCUT2D eigenvalue weighted by atomic mass is 10.2. The van der Waals surface area contributed by atoms with Crippen molar-refractivity contribution in [3.05, 3.63) is 70.5 Å². The molecule has 0 saturated heterocycles. The Hall–Kier alpha value is -3.94. The standard InChI is InChI=1S/C21H18N4O4/c1-13-4-7-15(8-5-13)25-11-10-16(26)19(23-25)21-22-20(24-29-21)14-6-9-17(27-2)18(12-14)28-3/h4-12H,1-3H3. The van der Waals surface area contributed by atoms with Crippen LogP contribution >= 0.6 is 0 Å². The first kappa shape index (κ1) is 18.4. The molecule has 2 heterocycles. The summed E-state index contributed by atoms with van der Waals surface area (Å²) in [6, 6.07) is 14.4. The first-order valence-electron chi connectivity index (χ1n) is 8.82. The van der Waals surface area contributed by atoms with Crippen LogP contribution in [0, 0.1) is 6.92 Å². The van der Waals surface area contributed by atoms with E-state index in [-0.39, 0.29) is 17.0 Å². The fourth-order valence-corrected chi connectivity index (χ4v) is 2.81. The second-order valence-corrected chi connectivity index (χ2v) is 6.30. The molecular formula is C21H18N4O4. The first-order chi connectivity index (χ1) is 14.1. The Labute approximate surface area is 166 Å². The van der Waals surface area contributed by atoms with E-state index in [2.05, 4.69) is 15.2 Å². The highest BCUT2D eigenvalue weighted by molar-refractivity contribution is 5.62. The Morgan fingerprint density at radius 2 is 1.72 bits per heavy atom. The van der Waals surface area contributed by atoms with Gasteiger partial charge in [-0.1, -0.05) is 22.9 Å². The van der Waals surface area contributed by atoms with Gasteiger partial charge in [-0.15, -0.1) is 0 Å². The minimum absolute atomic E-state index is 0.0428. The molecule has 0 aliphatic heterocycles. The number of aromatic nitrogens is 4. The Morgan fingerprint density at radius 1 is 0.966 bits per heavy atom. The SMILES string of the molecule is COc1ccc(-c2noc(-c3nn(-c4ccc(C)cc4)ccc3=O)n2)cc1OC. The quantitative estimate of drug-likeness (QED) is 0.516. The van der Waals surface area contributed by atoms with Crippen molar-refractivity contribution in [1.29, 1.82) is 0 Å². The maximum atomic E-state index is 12.3. The second-order valence-electron chi connectivity index (χ2n) is 6.30. The van der Waals surface area contributed by atoms with Crippen LogP contribution in [0.3, 0.4) is 0 Å². The molecule has 0 atom stereocenters. The molecule has 0 spiro atoms. The number of rotatable bonds is 5. The molecule has 2 aromatic heterocycles. The summed E-state index contributed by atoms with van der Waals surface area (Å²) >= 11 is 0. The number of ether oxygens (including phenoxy) is 2. The molecule has 0 aliphatic carbocycles. The predicted molar refractivity (Wildman–Crippen MR) is 106 cm³/mol. The molecule has 29 heavy (non-hydrogen) atoms. The van der Waals surface area contributed by atoms with Gasteiger partial charge in [-0.3, -0.25) is 4.79 Å². The lowest BCUT2D eigenvalue weighted by molar-refractivity contribution is 0.355. The van der Waals surface area contributed by atoms with Crippen molar-refractivity contribution in [2.75, 3.05) is 14.2 Å². The Kier molecular flexibility index (Phi) is 4.82. The molecular weight excluding hydrogens is 372 g/mol. The lowest BCUT2D eigenvalue weighted by Crippen LogP contribution is -2.12. The van der Waals surface area contributed by atoms with Gasteiger partial charge in [0.1, 0.15) is 0 Å². The van der Waals surface area contributed by atoms with Crippen LogP contribution in [0.4, 0.5) is 0 Å². The van der Waals surface area contributed by atoms with Gasteiger partial charge in [0, 0.05) is 17.8 Å². The van der Waals surface area contributed by atoms with E-state index in [0.717, 1.165) is 11.3 Å². The minimum atomic E-state index is -0.309. The molecule has 0 bridgehead atoms. The predicted octanol–water partition coefficient (Wildman–Crippen LogP) is 3.28. The summed E-state index contributed by atoms with van der Waals surface area (Å²) in [6.45, 7) is 2.00. The third-order valence-corrected chi connectivity index (χ3v) is 4.38. The van der Waals surface area contributed by atoms with Crippen molar-refractivity contribution in [1.82, 2.24) is 19.9 Å². The van der Waals surface area contributed by atoms with Gasteiger partial charge in [0.15, 0.2) is 17.2 Å². The molecule has 0 aliphatic rings. The zero-order valence-electron chi connectivity index (χ0n) is 16.1. The smallest absolute Gasteiger partial charge is 0.282 e. The zero-order chi connectivity index (χ0) is 20.4. The number of methoxy groups -OCH3 is 2.